The van der Waals surface area contributed by atoms with Crippen LogP contribution in [-0.2, 0) is 0 Å². The lowest BCUT2D eigenvalue weighted by molar-refractivity contribution is 1.36. The average Bonchev–Trinajstić information content (AvgIpc) is 2.82. The van der Waals surface area contributed by atoms with Crippen LogP contribution in [0, 0.1) is 6.92 Å². The summed E-state index contributed by atoms with van der Waals surface area (Å²) in [5.41, 5.74) is 3.29. The van der Waals surface area contributed by atoms with E-state index in [1.54, 1.807) is 11.3 Å². The fourth-order valence-electron chi connectivity index (χ4n) is 1.96. The van der Waals surface area contributed by atoms with Gasteiger partial charge in [0.1, 0.15) is 0 Å². The molecule has 2 aromatic carbocycles. The summed E-state index contributed by atoms with van der Waals surface area (Å²) in [6.45, 7) is 2.11. The molecule has 0 unspecified atom stereocenters. The Balaban J connectivity index is 1.90. The van der Waals surface area contributed by atoms with E-state index < -0.39 is 0 Å². The van der Waals surface area contributed by atoms with Gasteiger partial charge in [-0.05, 0) is 19.1 Å². The van der Waals surface area contributed by atoms with Crippen LogP contribution < -0.4 is 5.32 Å². The summed E-state index contributed by atoms with van der Waals surface area (Å²) in [5, 5.41) is 4.28. The fraction of sp³-hybridized carbons (Fsp3) is 0.0625. The maximum absolute atomic E-state index is 4.68. The highest BCUT2D eigenvalue weighted by Gasteiger charge is 2.09. The largest absolute Gasteiger partial charge is 0.332 e. The van der Waals surface area contributed by atoms with Gasteiger partial charge in [-0.15, -0.1) is 11.3 Å². The van der Waals surface area contributed by atoms with Gasteiger partial charge in [0.15, 0.2) is 5.13 Å². The van der Waals surface area contributed by atoms with E-state index >= 15 is 0 Å². The number of hydrogen-bond donors (Lipinski definition) is 1. The highest BCUT2D eigenvalue weighted by Crippen LogP contribution is 2.31. The Bertz CT molecular complexity index is 660. The zero-order chi connectivity index (χ0) is 13.1. The number of anilines is 2. The van der Waals surface area contributed by atoms with E-state index in [2.05, 4.69) is 29.4 Å². The van der Waals surface area contributed by atoms with Crippen molar-refractivity contribution in [1.82, 2.24) is 4.98 Å². The molecule has 2 nitrogen and oxygen atoms in total. The molecule has 0 saturated heterocycles. The summed E-state index contributed by atoms with van der Waals surface area (Å²) >= 11 is 1.68. The smallest absolute Gasteiger partial charge is 0.187 e. The molecule has 0 aliphatic heterocycles. The summed E-state index contributed by atoms with van der Waals surface area (Å²) < 4.78 is 0. The Morgan fingerprint density at radius 3 is 2.21 bits per heavy atom. The third-order valence-corrected chi connectivity index (χ3v) is 3.76. The number of aryl methyl sites for hydroxylation is 1. The molecule has 1 heterocycles. The average molecular weight is 266 g/mol. The van der Waals surface area contributed by atoms with Crippen LogP contribution in [0.25, 0.3) is 11.3 Å². The molecule has 0 radical (unpaired) electrons. The molecular formula is C16H14N2S. The van der Waals surface area contributed by atoms with Gasteiger partial charge in [-0.2, -0.15) is 0 Å². The van der Waals surface area contributed by atoms with E-state index in [0.29, 0.717) is 0 Å². The van der Waals surface area contributed by atoms with Gasteiger partial charge in [0.25, 0.3) is 0 Å². The van der Waals surface area contributed by atoms with Crippen LogP contribution in [-0.4, -0.2) is 4.98 Å². The second-order valence-corrected chi connectivity index (χ2v) is 5.48. The molecule has 1 N–H and O–H groups in total. The van der Waals surface area contributed by atoms with Crippen LogP contribution in [0.5, 0.6) is 0 Å². The van der Waals surface area contributed by atoms with Crippen LogP contribution in [0.4, 0.5) is 10.8 Å². The number of para-hydroxylation sites is 1. The van der Waals surface area contributed by atoms with Gasteiger partial charge in [0.2, 0.25) is 0 Å². The number of benzene rings is 2. The molecule has 0 fully saturated rings. The Hall–Kier alpha value is -2.13. The number of thiazole rings is 1. The van der Waals surface area contributed by atoms with Crippen molar-refractivity contribution >= 4 is 22.2 Å². The standard InChI is InChI=1S/C16H14N2S/c1-12-15(13-8-4-2-5-9-13)18-16(19-12)17-14-10-6-3-7-11-14/h2-11H,1H3,(H,17,18). The van der Waals surface area contributed by atoms with E-state index in [0.717, 1.165) is 22.1 Å². The molecule has 3 heteroatoms. The third-order valence-electron chi connectivity index (χ3n) is 2.87. The van der Waals surface area contributed by atoms with Crippen LogP contribution in [0.15, 0.2) is 60.7 Å². The summed E-state index contributed by atoms with van der Waals surface area (Å²) in [5.74, 6) is 0. The fourth-order valence-corrected chi connectivity index (χ4v) is 2.81. The molecule has 1 aromatic heterocycles. The first kappa shape index (κ1) is 11.9. The van der Waals surface area contributed by atoms with Crippen LogP contribution in [0.2, 0.25) is 0 Å². The molecular weight excluding hydrogens is 252 g/mol. The van der Waals surface area contributed by atoms with Crippen LogP contribution in [0.3, 0.4) is 0 Å². The number of nitrogens with one attached hydrogen (secondary N) is 1. The molecule has 19 heavy (non-hydrogen) atoms. The Morgan fingerprint density at radius 1 is 0.895 bits per heavy atom. The first-order valence-electron chi connectivity index (χ1n) is 6.18. The molecule has 0 bridgehead atoms. The first-order chi connectivity index (χ1) is 9.33. The monoisotopic (exact) mass is 266 g/mol. The van der Waals surface area contributed by atoms with Crippen molar-refractivity contribution < 1.29 is 0 Å². The Morgan fingerprint density at radius 2 is 1.53 bits per heavy atom. The van der Waals surface area contributed by atoms with Gasteiger partial charge in [0.05, 0.1) is 5.69 Å². The number of hydrogen-bond acceptors (Lipinski definition) is 3. The molecule has 94 valence electrons. The van der Waals surface area contributed by atoms with Crippen molar-refractivity contribution in [1.29, 1.82) is 0 Å². The molecule has 0 amide bonds. The topological polar surface area (TPSA) is 24.9 Å². The van der Waals surface area contributed by atoms with E-state index in [1.165, 1.54) is 4.88 Å². The SMILES string of the molecule is Cc1sc(Nc2ccccc2)nc1-c1ccccc1. The van der Waals surface area contributed by atoms with E-state index in [1.807, 2.05) is 48.5 Å². The number of aromatic nitrogens is 1. The lowest BCUT2D eigenvalue weighted by Crippen LogP contribution is -1.88. The predicted octanol–water partition coefficient (Wildman–Crippen LogP) is 4.86. The van der Waals surface area contributed by atoms with Gasteiger partial charge in [0, 0.05) is 16.1 Å². The number of nitrogens with zero attached hydrogens (tertiary/aromatic N) is 1. The molecule has 0 atom stereocenters. The van der Waals surface area contributed by atoms with Crippen LogP contribution in [0.1, 0.15) is 4.88 Å². The van der Waals surface area contributed by atoms with Gasteiger partial charge in [-0.1, -0.05) is 48.5 Å². The molecule has 3 aromatic rings. The van der Waals surface area contributed by atoms with Crippen molar-refractivity contribution in [2.45, 2.75) is 6.92 Å². The van der Waals surface area contributed by atoms with Crippen molar-refractivity contribution in [3.8, 4) is 11.3 Å². The number of rotatable bonds is 3. The maximum atomic E-state index is 4.68. The Kier molecular flexibility index (Phi) is 3.29. The van der Waals surface area contributed by atoms with Crippen molar-refractivity contribution in [3.05, 3.63) is 65.5 Å². The molecule has 0 spiro atoms. The third kappa shape index (κ3) is 2.66. The van der Waals surface area contributed by atoms with Gasteiger partial charge in [-0.25, -0.2) is 4.98 Å². The zero-order valence-electron chi connectivity index (χ0n) is 10.6. The minimum atomic E-state index is 0.933. The van der Waals surface area contributed by atoms with Crippen LogP contribution >= 0.6 is 11.3 Å². The summed E-state index contributed by atoms with van der Waals surface area (Å²) in [6, 6.07) is 20.4. The van der Waals surface area contributed by atoms with Crippen molar-refractivity contribution in [3.63, 3.8) is 0 Å². The maximum Gasteiger partial charge on any atom is 0.187 e. The quantitative estimate of drug-likeness (QED) is 0.732. The molecule has 0 aliphatic rings. The van der Waals surface area contributed by atoms with E-state index in [4.69, 9.17) is 0 Å². The second kappa shape index (κ2) is 5.24. The minimum absolute atomic E-state index is 0.933. The normalized spacial score (nSPS) is 10.4. The van der Waals surface area contributed by atoms with E-state index in [-0.39, 0.29) is 0 Å². The second-order valence-electron chi connectivity index (χ2n) is 4.28. The van der Waals surface area contributed by atoms with E-state index in [9.17, 15) is 0 Å². The Labute approximate surface area is 116 Å². The van der Waals surface area contributed by atoms with Gasteiger partial charge >= 0.3 is 0 Å². The zero-order valence-corrected chi connectivity index (χ0v) is 11.4. The van der Waals surface area contributed by atoms with Gasteiger partial charge < -0.3 is 5.32 Å². The highest BCUT2D eigenvalue weighted by molar-refractivity contribution is 7.16. The molecule has 0 aliphatic carbocycles. The summed E-state index contributed by atoms with van der Waals surface area (Å²) in [4.78, 5) is 5.91. The summed E-state index contributed by atoms with van der Waals surface area (Å²) in [6.07, 6.45) is 0. The highest BCUT2D eigenvalue weighted by atomic mass is 32.1. The minimum Gasteiger partial charge on any atom is -0.332 e. The lowest BCUT2D eigenvalue weighted by Gasteiger charge is -2.00. The predicted molar refractivity (Wildman–Crippen MR) is 82.0 cm³/mol. The first-order valence-corrected chi connectivity index (χ1v) is 6.99. The molecule has 0 saturated carbocycles. The van der Waals surface area contributed by atoms with Gasteiger partial charge in [-0.3, -0.25) is 0 Å². The molecule has 3 rings (SSSR count). The summed E-state index contributed by atoms with van der Waals surface area (Å²) in [7, 11) is 0. The lowest BCUT2D eigenvalue weighted by atomic mass is 10.1. The van der Waals surface area contributed by atoms with Crippen molar-refractivity contribution in [2.24, 2.45) is 0 Å². The van der Waals surface area contributed by atoms with Crippen molar-refractivity contribution in [2.75, 3.05) is 5.32 Å².